The van der Waals surface area contributed by atoms with Crippen molar-refractivity contribution >= 4 is 11.9 Å². The highest BCUT2D eigenvalue weighted by molar-refractivity contribution is 5.69. The molecule has 12 heavy (non-hydrogen) atoms. The van der Waals surface area contributed by atoms with Crippen LogP contribution < -0.4 is 5.11 Å². The molecule has 0 saturated carbocycles. The highest BCUT2D eigenvalue weighted by Gasteiger charge is 1.98. The van der Waals surface area contributed by atoms with Crippen LogP contribution >= 0.6 is 0 Å². The smallest absolute Gasteiger partial charge is 0.305 e. The van der Waals surface area contributed by atoms with Crippen molar-refractivity contribution in [2.24, 2.45) is 0 Å². The normalized spacial score (nSPS) is 9.42. The van der Waals surface area contributed by atoms with E-state index in [1.807, 2.05) is 0 Å². The number of carbonyl (C=O) groups is 2. The minimum Gasteiger partial charge on any atom is -0.550 e. The second-order valence-corrected chi connectivity index (χ2v) is 2.51. The number of aliphatic carboxylic acids is 1. The molecule has 0 unspecified atom stereocenters. The number of carboxylic acids is 1. The first-order chi connectivity index (χ1) is 5.66. The van der Waals surface area contributed by atoms with E-state index in [4.69, 9.17) is 0 Å². The lowest BCUT2D eigenvalue weighted by Gasteiger charge is -2.01. The molecule has 0 saturated heterocycles. The Morgan fingerprint density at radius 1 is 1.17 bits per heavy atom. The van der Waals surface area contributed by atoms with Gasteiger partial charge >= 0.3 is 5.97 Å². The van der Waals surface area contributed by atoms with Gasteiger partial charge in [-0.05, 0) is 19.3 Å². The molecule has 4 heteroatoms. The summed E-state index contributed by atoms with van der Waals surface area (Å²) in [6, 6.07) is 0. The van der Waals surface area contributed by atoms with Crippen molar-refractivity contribution in [2.45, 2.75) is 32.1 Å². The fourth-order valence-corrected chi connectivity index (χ4v) is 0.818. The van der Waals surface area contributed by atoms with Crippen LogP contribution in [0.4, 0.5) is 0 Å². The molecule has 0 heterocycles. The van der Waals surface area contributed by atoms with Gasteiger partial charge in [0, 0.05) is 12.4 Å². The maximum atomic E-state index is 10.6. The molecule has 0 radical (unpaired) electrons. The standard InChI is InChI=1S/C8H14O4/c1-12-8(11)6-4-2-3-5-7(9)10/h2-6H2,1H3,(H,9,10)/p-1. The van der Waals surface area contributed by atoms with Crippen molar-refractivity contribution in [3.63, 3.8) is 0 Å². The number of methoxy groups -OCH3 is 1. The van der Waals surface area contributed by atoms with Gasteiger partial charge in [0.25, 0.3) is 0 Å². The molecule has 0 atom stereocenters. The van der Waals surface area contributed by atoms with E-state index in [9.17, 15) is 14.7 Å². The molecule has 0 N–H and O–H groups in total. The third kappa shape index (κ3) is 7.05. The summed E-state index contributed by atoms with van der Waals surface area (Å²) in [5.41, 5.74) is 0. The second-order valence-electron chi connectivity index (χ2n) is 2.51. The van der Waals surface area contributed by atoms with Gasteiger partial charge in [0.15, 0.2) is 0 Å². The van der Waals surface area contributed by atoms with E-state index in [-0.39, 0.29) is 12.4 Å². The van der Waals surface area contributed by atoms with E-state index < -0.39 is 5.97 Å². The Hall–Kier alpha value is -1.06. The number of carbonyl (C=O) groups excluding carboxylic acids is 2. The van der Waals surface area contributed by atoms with Crippen LogP contribution in [0.1, 0.15) is 32.1 Å². The van der Waals surface area contributed by atoms with E-state index >= 15 is 0 Å². The number of hydrogen-bond donors (Lipinski definition) is 0. The van der Waals surface area contributed by atoms with Gasteiger partial charge in [-0.25, -0.2) is 0 Å². The number of ether oxygens (including phenoxy) is 1. The molecule has 0 aromatic carbocycles. The first kappa shape index (κ1) is 10.9. The fraction of sp³-hybridized carbons (Fsp3) is 0.750. The molecule has 0 aromatic rings. The monoisotopic (exact) mass is 173 g/mol. The van der Waals surface area contributed by atoms with E-state index in [2.05, 4.69) is 4.74 Å². The van der Waals surface area contributed by atoms with Gasteiger partial charge in [0.2, 0.25) is 0 Å². The Bertz CT molecular complexity index is 153. The summed E-state index contributed by atoms with van der Waals surface area (Å²) >= 11 is 0. The first-order valence-corrected chi connectivity index (χ1v) is 3.93. The highest BCUT2D eigenvalue weighted by Crippen LogP contribution is 2.02. The minimum absolute atomic E-state index is 0.0706. The van der Waals surface area contributed by atoms with E-state index in [1.54, 1.807) is 0 Å². The largest absolute Gasteiger partial charge is 0.550 e. The summed E-state index contributed by atoms with van der Waals surface area (Å²) < 4.78 is 4.41. The summed E-state index contributed by atoms with van der Waals surface area (Å²) in [4.78, 5) is 20.5. The topological polar surface area (TPSA) is 66.4 Å². The van der Waals surface area contributed by atoms with Crippen molar-refractivity contribution < 1.29 is 19.4 Å². The Balaban J connectivity index is 3.11. The van der Waals surface area contributed by atoms with Crippen LogP contribution in [0, 0.1) is 0 Å². The molecule has 0 aromatic heterocycles. The molecule has 70 valence electrons. The van der Waals surface area contributed by atoms with Gasteiger partial charge in [-0.2, -0.15) is 0 Å². The van der Waals surface area contributed by atoms with Crippen molar-refractivity contribution in [3.05, 3.63) is 0 Å². The quantitative estimate of drug-likeness (QED) is 0.414. The SMILES string of the molecule is COC(=O)CCCCCC(=O)[O-]. The first-order valence-electron chi connectivity index (χ1n) is 3.93. The van der Waals surface area contributed by atoms with Crippen LogP contribution in [0.2, 0.25) is 0 Å². The molecule has 0 fully saturated rings. The van der Waals surface area contributed by atoms with Crippen LogP contribution in [-0.4, -0.2) is 19.0 Å². The van der Waals surface area contributed by atoms with Crippen LogP contribution in [0.5, 0.6) is 0 Å². The van der Waals surface area contributed by atoms with Crippen LogP contribution in [0.25, 0.3) is 0 Å². The molecule has 0 aliphatic carbocycles. The third-order valence-corrected chi connectivity index (χ3v) is 1.49. The summed E-state index contributed by atoms with van der Waals surface area (Å²) in [5, 5.41) is 9.95. The summed E-state index contributed by atoms with van der Waals surface area (Å²) in [5.74, 6) is -1.28. The van der Waals surface area contributed by atoms with Gasteiger partial charge in [-0.1, -0.05) is 6.42 Å². The predicted octanol–water partition coefficient (Wildman–Crippen LogP) is -0.140. The Labute approximate surface area is 71.5 Å². The van der Waals surface area contributed by atoms with Crippen LogP contribution in [0.15, 0.2) is 0 Å². The lowest BCUT2D eigenvalue weighted by atomic mass is 10.1. The Morgan fingerprint density at radius 3 is 2.25 bits per heavy atom. The molecule has 0 aliphatic heterocycles. The van der Waals surface area contributed by atoms with Gasteiger partial charge in [0.05, 0.1) is 7.11 Å². The predicted molar refractivity (Wildman–Crippen MR) is 40.1 cm³/mol. The summed E-state index contributed by atoms with van der Waals surface area (Å²) in [6.45, 7) is 0. The average Bonchev–Trinajstić information content (AvgIpc) is 2.03. The van der Waals surface area contributed by atoms with Gasteiger partial charge in [-0.3, -0.25) is 4.79 Å². The number of unbranched alkanes of at least 4 members (excludes halogenated alkanes) is 2. The molecule has 0 spiro atoms. The zero-order chi connectivity index (χ0) is 9.40. The lowest BCUT2D eigenvalue weighted by molar-refractivity contribution is -0.305. The number of carboxylic acid groups (broad SMARTS) is 1. The van der Waals surface area contributed by atoms with Gasteiger partial charge in [0.1, 0.15) is 0 Å². The zero-order valence-corrected chi connectivity index (χ0v) is 7.17. The number of hydrogen-bond acceptors (Lipinski definition) is 4. The van der Waals surface area contributed by atoms with Gasteiger partial charge < -0.3 is 14.6 Å². The van der Waals surface area contributed by atoms with Crippen molar-refractivity contribution in [2.75, 3.05) is 7.11 Å². The van der Waals surface area contributed by atoms with Crippen LogP contribution in [-0.2, 0) is 14.3 Å². The Kier molecular flexibility index (Phi) is 6.05. The second kappa shape index (κ2) is 6.64. The van der Waals surface area contributed by atoms with Gasteiger partial charge in [-0.15, -0.1) is 0 Å². The minimum atomic E-state index is -1.03. The molecule has 0 aliphatic rings. The fourth-order valence-electron chi connectivity index (χ4n) is 0.818. The molecular weight excluding hydrogens is 160 g/mol. The van der Waals surface area contributed by atoms with E-state index in [0.717, 1.165) is 6.42 Å². The molecule has 4 nitrogen and oxygen atoms in total. The summed E-state index contributed by atoms with van der Waals surface area (Å²) in [6.07, 6.45) is 2.41. The van der Waals surface area contributed by atoms with Crippen molar-refractivity contribution in [1.82, 2.24) is 0 Å². The van der Waals surface area contributed by atoms with E-state index in [1.165, 1.54) is 7.11 Å². The molecule has 0 rings (SSSR count). The average molecular weight is 173 g/mol. The molecular formula is C8H13O4-. The van der Waals surface area contributed by atoms with E-state index in [0.29, 0.717) is 19.3 Å². The molecule has 0 bridgehead atoms. The maximum absolute atomic E-state index is 10.6. The zero-order valence-electron chi connectivity index (χ0n) is 7.17. The molecule has 0 amide bonds. The summed E-state index contributed by atoms with van der Waals surface area (Å²) in [7, 11) is 1.34. The maximum Gasteiger partial charge on any atom is 0.305 e. The lowest BCUT2D eigenvalue weighted by Crippen LogP contribution is -2.21. The van der Waals surface area contributed by atoms with Crippen molar-refractivity contribution in [3.8, 4) is 0 Å². The third-order valence-electron chi connectivity index (χ3n) is 1.49. The number of esters is 1. The number of rotatable bonds is 6. The highest BCUT2D eigenvalue weighted by atomic mass is 16.5. The Morgan fingerprint density at radius 2 is 1.75 bits per heavy atom. The van der Waals surface area contributed by atoms with Crippen LogP contribution in [0.3, 0.4) is 0 Å². The van der Waals surface area contributed by atoms with Crippen molar-refractivity contribution in [1.29, 1.82) is 0 Å².